The monoisotopic (exact) mass is 262 g/mol. The van der Waals surface area contributed by atoms with Crippen LogP contribution < -0.4 is 5.32 Å². The number of pyridine rings is 1. The number of rotatable bonds is 4. The Morgan fingerprint density at radius 3 is 2.79 bits per heavy atom. The van der Waals surface area contributed by atoms with Gasteiger partial charge in [-0.05, 0) is 30.4 Å². The molecule has 0 saturated heterocycles. The van der Waals surface area contributed by atoms with Gasteiger partial charge in [-0.3, -0.25) is 0 Å². The predicted molar refractivity (Wildman–Crippen MR) is 76.3 cm³/mol. The molecule has 1 unspecified atom stereocenters. The molecular formula is C14H22N4O. The van der Waals surface area contributed by atoms with E-state index in [9.17, 15) is 5.11 Å². The summed E-state index contributed by atoms with van der Waals surface area (Å²) in [7, 11) is 0. The highest BCUT2D eigenvalue weighted by molar-refractivity contribution is 5.44. The van der Waals surface area contributed by atoms with Crippen LogP contribution in [-0.4, -0.2) is 32.4 Å². The van der Waals surface area contributed by atoms with E-state index in [1.54, 1.807) is 4.52 Å². The van der Waals surface area contributed by atoms with Crippen molar-refractivity contribution in [2.75, 3.05) is 11.9 Å². The lowest BCUT2D eigenvalue weighted by atomic mass is 9.89. The maximum absolute atomic E-state index is 9.94. The van der Waals surface area contributed by atoms with Gasteiger partial charge in [0.2, 0.25) is 5.95 Å². The SMILES string of the molecule is Cc1ccc2nc(NCC(O)CC(C)(C)C)nn2c1. The van der Waals surface area contributed by atoms with Gasteiger partial charge in [-0.25, -0.2) is 4.52 Å². The van der Waals surface area contributed by atoms with Crippen LogP contribution in [0, 0.1) is 12.3 Å². The predicted octanol–water partition coefficient (Wildman–Crippen LogP) is 2.25. The molecule has 0 saturated carbocycles. The lowest BCUT2D eigenvalue weighted by molar-refractivity contribution is 0.132. The third-order valence-electron chi connectivity index (χ3n) is 2.82. The van der Waals surface area contributed by atoms with Gasteiger partial charge in [0.25, 0.3) is 0 Å². The molecule has 0 aromatic carbocycles. The largest absolute Gasteiger partial charge is 0.391 e. The molecule has 5 heteroatoms. The molecule has 0 spiro atoms. The lowest BCUT2D eigenvalue weighted by Crippen LogP contribution is -2.25. The second kappa shape index (κ2) is 5.17. The molecule has 2 heterocycles. The van der Waals surface area contributed by atoms with Crippen LogP contribution in [-0.2, 0) is 0 Å². The molecule has 0 bridgehead atoms. The number of nitrogens with zero attached hydrogens (tertiary/aromatic N) is 3. The van der Waals surface area contributed by atoms with Gasteiger partial charge in [-0.15, -0.1) is 5.10 Å². The Hall–Kier alpha value is -1.62. The van der Waals surface area contributed by atoms with E-state index in [2.05, 4.69) is 36.2 Å². The molecule has 0 radical (unpaired) electrons. The summed E-state index contributed by atoms with van der Waals surface area (Å²) in [5.41, 5.74) is 2.06. The average molecular weight is 262 g/mol. The van der Waals surface area contributed by atoms with Crippen LogP contribution in [0.4, 0.5) is 5.95 Å². The minimum absolute atomic E-state index is 0.116. The maximum atomic E-state index is 9.94. The molecule has 1 atom stereocenters. The van der Waals surface area contributed by atoms with Crippen molar-refractivity contribution in [2.24, 2.45) is 5.41 Å². The standard InChI is InChI=1S/C14H22N4O/c1-10-5-6-12-16-13(17-18(12)9-10)15-8-11(19)7-14(2,3)4/h5-6,9,11,19H,7-8H2,1-4H3,(H,15,17). The van der Waals surface area contributed by atoms with Gasteiger partial charge in [0.05, 0.1) is 6.10 Å². The number of hydrogen-bond acceptors (Lipinski definition) is 4. The molecule has 2 rings (SSSR count). The fourth-order valence-electron chi connectivity index (χ4n) is 2.05. The Balaban J connectivity index is 1.98. The van der Waals surface area contributed by atoms with Crippen LogP contribution in [0.5, 0.6) is 0 Å². The van der Waals surface area contributed by atoms with E-state index in [0.29, 0.717) is 12.5 Å². The summed E-state index contributed by atoms with van der Waals surface area (Å²) in [5.74, 6) is 0.554. The number of aliphatic hydroxyl groups excluding tert-OH is 1. The molecule has 104 valence electrons. The van der Waals surface area contributed by atoms with Crippen LogP contribution in [0.1, 0.15) is 32.8 Å². The minimum atomic E-state index is -0.395. The van der Waals surface area contributed by atoms with Gasteiger partial charge >= 0.3 is 0 Å². The summed E-state index contributed by atoms with van der Waals surface area (Å²) in [6, 6.07) is 3.93. The Labute approximate surface area is 113 Å². The van der Waals surface area contributed by atoms with Crippen molar-refractivity contribution in [2.45, 2.75) is 40.2 Å². The van der Waals surface area contributed by atoms with Gasteiger partial charge in [0.15, 0.2) is 5.65 Å². The third-order valence-corrected chi connectivity index (χ3v) is 2.82. The molecule has 0 aliphatic heterocycles. The number of nitrogens with one attached hydrogen (secondary N) is 1. The summed E-state index contributed by atoms with van der Waals surface area (Å²) < 4.78 is 1.74. The van der Waals surface area contributed by atoms with E-state index in [4.69, 9.17) is 0 Å². The van der Waals surface area contributed by atoms with Crippen molar-refractivity contribution >= 4 is 11.6 Å². The smallest absolute Gasteiger partial charge is 0.243 e. The van der Waals surface area contributed by atoms with Crippen molar-refractivity contribution in [3.63, 3.8) is 0 Å². The first-order chi connectivity index (χ1) is 8.83. The third kappa shape index (κ3) is 3.92. The fourth-order valence-corrected chi connectivity index (χ4v) is 2.05. The summed E-state index contributed by atoms with van der Waals surface area (Å²) in [4.78, 5) is 4.35. The highest BCUT2D eigenvalue weighted by Gasteiger charge is 2.16. The van der Waals surface area contributed by atoms with Crippen molar-refractivity contribution in [1.82, 2.24) is 14.6 Å². The molecule has 0 aliphatic rings. The van der Waals surface area contributed by atoms with Crippen LogP contribution in [0.15, 0.2) is 18.3 Å². The second-order valence-electron chi connectivity index (χ2n) is 6.24. The normalized spacial score (nSPS) is 13.7. The molecular weight excluding hydrogens is 240 g/mol. The zero-order valence-corrected chi connectivity index (χ0v) is 12.0. The number of aromatic nitrogens is 3. The topological polar surface area (TPSA) is 62.5 Å². The number of aliphatic hydroxyl groups is 1. The summed E-state index contributed by atoms with van der Waals surface area (Å²) in [6.07, 6.45) is 2.28. The van der Waals surface area contributed by atoms with E-state index in [1.807, 2.05) is 25.3 Å². The van der Waals surface area contributed by atoms with E-state index >= 15 is 0 Å². The van der Waals surface area contributed by atoms with E-state index in [-0.39, 0.29) is 5.41 Å². The van der Waals surface area contributed by atoms with Crippen molar-refractivity contribution in [3.05, 3.63) is 23.9 Å². The van der Waals surface area contributed by atoms with Gasteiger partial charge < -0.3 is 10.4 Å². The zero-order chi connectivity index (χ0) is 14.0. The van der Waals surface area contributed by atoms with Gasteiger partial charge in [0.1, 0.15) is 0 Å². The summed E-state index contributed by atoms with van der Waals surface area (Å²) in [6.45, 7) is 8.82. The first-order valence-electron chi connectivity index (χ1n) is 6.58. The highest BCUT2D eigenvalue weighted by atomic mass is 16.3. The fraction of sp³-hybridized carbons (Fsp3) is 0.571. The highest BCUT2D eigenvalue weighted by Crippen LogP contribution is 2.20. The number of anilines is 1. The Kier molecular flexibility index (Phi) is 3.75. The number of fused-ring (bicyclic) bond motifs is 1. The van der Waals surface area contributed by atoms with Gasteiger partial charge in [0, 0.05) is 12.7 Å². The number of hydrogen-bond donors (Lipinski definition) is 2. The quantitative estimate of drug-likeness (QED) is 0.887. The molecule has 0 aliphatic carbocycles. The Morgan fingerprint density at radius 2 is 2.11 bits per heavy atom. The summed E-state index contributed by atoms with van der Waals surface area (Å²) >= 11 is 0. The molecule has 19 heavy (non-hydrogen) atoms. The van der Waals surface area contributed by atoms with Crippen molar-refractivity contribution in [1.29, 1.82) is 0 Å². The maximum Gasteiger partial charge on any atom is 0.243 e. The second-order valence-corrected chi connectivity index (χ2v) is 6.24. The molecule has 0 fully saturated rings. The molecule has 2 aromatic rings. The molecule has 0 amide bonds. The van der Waals surface area contributed by atoms with E-state index in [1.165, 1.54) is 0 Å². The Morgan fingerprint density at radius 1 is 1.37 bits per heavy atom. The van der Waals surface area contributed by atoms with Crippen molar-refractivity contribution < 1.29 is 5.11 Å². The van der Waals surface area contributed by atoms with E-state index in [0.717, 1.165) is 17.6 Å². The molecule has 5 nitrogen and oxygen atoms in total. The van der Waals surface area contributed by atoms with Gasteiger partial charge in [-0.2, -0.15) is 4.98 Å². The first-order valence-corrected chi connectivity index (χ1v) is 6.58. The van der Waals surface area contributed by atoms with Crippen LogP contribution >= 0.6 is 0 Å². The molecule has 2 N–H and O–H groups in total. The van der Waals surface area contributed by atoms with Crippen LogP contribution in [0.3, 0.4) is 0 Å². The van der Waals surface area contributed by atoms with Crippen LogP contribution in [0.2, 0.25) is 0 Å². The van der Waals surface area contributed by atoms with Crippen LogP contribution in [0.25, 0.3) is 5.65 Å². The molecule has 2 aromatic heterocycles. The van der Waals surface area contributed by atoms with E-state index < -0.39 is 6.10 Å². The lowest BCUT2D eigenvalue weighted by Gasteiger charge is -2.22. The number of aryl methyl sites for hydroxylation is 1. The van der Waals surface area contributed by atoms with Gasteiger partial charge in [-0.1, -0.05) is 26.8 Å². The minimum Gasteiger partial charge on any atom is -0.391 e. The first kappa shape index (κ1) is 13.8. The Bertz CT molecular complexity index is 556. The zero-order valence-electron chi connectivity index (χ0n) is 12.0. The summed E-state index contributed by atoms with van der Waals surface area (Å²) in [5, 5.41) is 17.3. The van der Waals surface area contributed by atoms with Crippen molar-refractivity contribution in [3.8, 4) is 0 Å². The average Bonchev–Trinajstić information content (AvgIpc) is 2.66.